The quantitative estimate of drug-likeness (QED) is 0.786. The molecule has 1 atom stereocenters. The number of carbonyl (C=O) groups is 1. The van der Waals surface area contributed by atoms with Gasteiger partial charge < -0.3 is 5.11 Å². The molecule has 0 aromatic heterocycles. The third-order valence-corrected chi connectivity index (χ3v) is 3.57. The fourth-order valence-corrected chi connectivity index (χ4v) is 2.50. The number of ketones is 1. The van der Waals surface area contributed by atoms with Gasteiger partial charge in [-0.25, -0.2) is 0 Å². The van der Waals surface area contributed by atoms with Gasteiger partial charge in [0.25, 0.3) is 0 Å². The Hall–Kier alpha value is -0.610. The topological polar surface area (TPSA) is 40.5 Å². The van der Waals surface area contributed by atoms with Crippen LogP contribution < -0.4 is 0 Å². The summed E-state index contributed by atoms with van der Waals surface area (Å²) in [5, 5.41) is 9.93. The Kier molecular flexibility index (Phi) is 6.80. The molecule has 0 radical (unpaired) electrons. The first-order chi connectivity index (χ1) is 9.01. The van der Waals surface area contributed by atoms with E-state index < -0.39 is 0 Å². The predicted molar refractivity (Wildman–Crippen MR) is 79.2 cm³/mol. The molecular weight excluding hydrogens is 285 g/mol. The minimum absolute atomic E-state index is 0.0337. The third kappa shape index (κ3) is 4.46. The first-order valence-electron chi connectivity index (χ1n) is 6.35. The van der Waals surface area contributed by atoms with Crippen molar-refractivity contribution in [2.45, 2.75) is 26.3 Å². The number of Topliss-reactive ketones (excluding diaryl/α,β-unsaturated/α-hetero) is 1. The maximum atomic E-state index is 12.4. The fraction of sp³-hybridized carbons (Fsp3) is 0.500. The monoisotopic (exact) mass is 303 g/mol. The lowest BCUT2D eigenvalue weighted by Gasteiger charge is -2.27. The van der Waals surface area contributed by atoms with Gasteiger partial charge in [0.15, 0.2) is 5.78 Å². The predicted octanol–water partition coefficient (Wildman–Crippen LogP) is 3.27. The van der Waals surface area contributed by atoms with E-state index in [2.05, 4.69) is 0 Å². The van der Waals surface area contributed by atoms with Crippen LogP contribution in [0.25, 0.3) is 0 Å². The van der Waals surface area contributed by atoms with Gasteiger partial charge in [-0.05, 0) is 38.1 Å². The summed E-state index contributed by atoms with van der Waals surface area (Å²) in [6.07, 6.45) is 0.923. The highest BCUT2D eigenvalue weighted by atomic mass is 35.5. The summed E-state index contributed by atoms with van der Waals surface area (Å²) in [7, 11) is 0. The Labute approximate surface area is 124 Å². The molecular formula is C14H19Cl2NO2. The molecule has 0 fully saturated rings. The minimum Gasteiger partial charge on any atom is -0.395 e. The summed E-state index contributed by atoms with van der Waals surface area (Å²) in [5.41, 5.74) is 0.470. The third-order valence-electron chi connectivity index (χ3n) is 3.02. The van der Waals surface area contributed by atoms with Gasteiger partial charge >= 0.3 is 0 Å². The summed E-state index contributed by atoms with van der Waals surface area (Å²) in [5.74, 6) is -0.0523. The minimum atomic E-state index is -0.314. The van der Waals surface area contributed by atoms with Crippen LogP contribution in [0.5, 0.6) is 0 Å². The molecule has 0 saturated heterocycles. The second kappa shape index (κ2) is 7.85. The molecule has 0 bridgehead atoms. The molecule has 1 rings (SSSR count). The van der Waals surface area contributed by atoms with E-state index in [9.17, 15) is 4.79 Å². The normalized spacial score (nSPS) is 12.7. The Morgan fingerprint density at radius 3 is 2.58 bits per heavy atom. The van der Waals surface area contributed by atoms with E-state index in [1.165, 1.54) is 0 Å². The SMILES string of the molecule is CCCN(CCO)C(C)C(=O)c1ccc(Cl)cc1Cl. The van der Waals surface area contributed by atoms with Crippen LogP contribution in [-0.2, 0) is 0 Å². The number of hydrogen-bond donors (Lipinski definition) is 1. The number of rotatable bonds is 7. The van der Waals surface area contributed by atoms with Gasteiger partial charge in [0.1, 0.15) is 0 Å². The lowest BCUT2D eigenvalue weighted by molar-refractivity contribution is 0.0808. The molecule has 0 spiro atoms. The van der Waals surface area contributed by atoms with E-state index in [0.29, 0.717) is 22.2 Å². The van der Waals surface area contributed by atoms with E-state index in [0.717, 1.165) is 13.0 Å². The van der Waals surface area contributed by atoms with Crippen LogP contribution in [-0.4, -0.2) is 41.5 Å². The van der Waals surface area contributed by atoms with Crippen molar-refractivity contribution in [1.29, 1.82) is 0 Å². The van der Waals surface area contributed by atoms with Gasteiger partial charge in [0, 0.05) is 17.1 Å². The molecule has 3 nitrogen and oxygen atoms in total. The van der Waals surface area contributed by atoms with Crippen molar-refractivity contribution in [3.05, 3.63) is 33.8 Å². The molecule has 19 heavy (non-hydrogen) atoms. The molecule has 1 aromatic rings. The van der Waals surface area contributed by atoms with Crippen molar-refractivity contribution in [2.24, 2.45) is 0 Å². The van der Waals surface area contributed by atoms with Crippen molar-refractivity contribution >= 4 is 29.0 Å². The lowest BCUT2D eigenvalue weighted by atomic mass is 10.0. The van der Waals surface area contributed by atoms with Gasteiger partial charge in [0.05, 0.1) is 17.7 Å². The molecule has 0 aliphatic carbocycles. The van der Waals surface area contributed by atoms with Crippen molar-refractivity contribution in [3.63, 3.8) is 0 Å². The zero-order valence-corrected chi connectivity index (χ0v) is 12.7. The first-order valence-corrected chi connectivity index (χ1v) is 7.11. The number of aliphatic hydroxyl groups is 1. The van der Waals surface area contributed by atoms with Crippen LogP contribution >= 0.6 is 23.2 Å². The van der Waals surface area contributed by atoms with Gasteiger partial charge in [-0.3, -0.25) is 9.69 Å². The molecule has 0 aliphatic rings. The van der Waals surface area contributed by atoms with Crippen molar-refractivity contribution in [1.82, 2.24) is 4.90 Å². The van der Waals surface area contributed by atoms with E-state index >= 15 is 0 Å². The van der Waals surface area contributed by atoms with Crippen molar-refractivity contribution in [2.75, 3.05) is 19.7 Å². The summed E-state index contributed by atoms with van der Waals surface area (Å²) in [4.78, 5) is 14.4. The number of nitrogens with zero attached hydrogens (tertiary/aromatic N) is 1. The summed E-state index contributed by atoms with van der Waals surface area (Å²) in [6, 6.07) is 4.56. The zero-order chi connectivity index (χ0) is 14.4. The number of hydrogen-bond acceptors (Lipinski definition) is 3. The maximum absolute atomic E-state index is 12.4. The first kappa shape index (κ1) is 16.4. The number of benzene rings is 1. The van der Waals surface area contributed by atoms with E-state index in [4.69, 9.17) is 28.3 Å². The van der Waals surface area contributed by atoms with Crippen LogP contribution in [0.1, 0.15) is 30.6 Å². The van der Waals surface area contributed by atoms with Crippen molar-refractivity contribution in [3.8, 4) is 0 Å². The zero-order valence-electron chi connectivity index (χ0n) is 11.2. The summed E-state index contributed by atoms with van der Waals surface area (Å²) in [6.45, 7) is 5.14. The highest BCUT2D eigenvalue weighted by Gasteiger charge is 2.23. The Balaban J connectivity index is 2.90. The van der Waals surface area contributed by atoms with E-state index in [1.54, 1.807) is 18.2 Å². The van der Waals surface area contributed by atoms with Crippen LogP contribution in [0.15, 0.2) is 18.2 Å². The molecule has 0 heterocycles. The van der Waals surface area contributed by atoms with Crippen molar-refractivity contribution < 1.29 is 9.90 Å². The summed E-state index contributed by atoms with van der Waals surface area (Å²) >= 11 is 11.9. The molecule has 1 unspecified atom stereocenters. The average molecular weight is 304 g/mol. The maximum Gasteiger partial charge on any atom is 0.181 e. The Morgan fingerprint density at radius 2 is 2.05 bits per heavy atom. The molecule has 1 N–H and O–H groups in total. The van der Waals surface area contributed by atoms with Crippen LogP contribution in [0, 0.1) is 0 Å². The average Bonchev–Trinajstić information content (AvgIpc) is 2.37. The Morgan fingerprint density at radius 1 is 1.37 bits per heavy atom. The highest BCUT2D eigenvalue weighted by molar-refractivity contribution is 6.37. The lowest BCUT2D eigenvalue weighted by Crippen LogP contribution is -2.41. The second-order valence-electron chi connectivity index (χ2n) is 4.42. The molecule has 106 valence electrons. The molecule has 0 amide bonds. The van der Waals surface area contributed by atoms with E-state index in [1.807, 2.05) is 18.7 Å². The molecule has 5 heteroatoms. The van der Waals surface area contributed by atoms with Gasteiger partial charge in [0.2, 0.25) is 0 Å². The van der Waals surface area contributed by atoms with Crippen LogP contribution in [0.4, 0.5) is 0 Å². The van der Waals surface area contributed by atoms with Crippen LogP contribution in [0.3, 0.4) is 0 Å². The smallest absolute Gasteiger partial charge is 0.181 e. The number of aliphatic hydroxyl groups excluding tert-OH is 1. The van der Waals surface area contributed by atoms with Gasteiger partial charge in [-0.15, -0.1) is 0 Å². The summed E-state index contributed by atoms with van der Waals surface area (Å²) < 4.78 is 0. The molecule has 1 aromatic carbocycles. The number of halogens is 2. The van der Waals surface area contributed by atoms with Gasteiger partial charge in [-0.2, -0.15) is 0 Å². The van der Waals surface area contributed by atoms with Gasteiger partial charge in [-0.1, -0.05) is 30.1 Å². The molecule has 0 saturated carbocycles. The number of carbonyl (C=O) groups excluding carboxylic acids is 1. The standard InChI is InChI=1S/C14H19Cl2NO2/c1-3-6-17(7-8-18)10(2)14(19)12-5-4-11(15)9-13(12)16/h4-5,9-10,18H,3,6-8H2,1-2H3. The second-order valence-corrected chi connectivity index (χ2v) is 5.27. The molecule has 0 aliphatic heterocycles. The highest BCUT2D eigenvalue weighted by Crippen LogP contribution is 2.23. The fourth-order valence-electron chi connectivity index (χ4n) is 1.99. The Bertz CT molecular complexity index is 431. The largest absolute Gasteiger partial charge is 0.395 e. The van der Waals surface area contributed by atoms with Crippen LogP contribution in [0.2, 0.25) is 10.0 Å². The van der Waals surface area contributed by atoms with E-state index in [-0.39, 0.29) is 18.4 Å².